The summed E-state index contributed by atoms with van der Waals surface area (Å²) in [5, 5.41) is 2.97. The molecular weight excluding hydrogens is 300 g/mol. The molecule has 1 amide bonds. The zero-order chi connectivity index (χ0) is 15.5. The summed E-state index contributed by atoms with van der Waals surface area (Å²) in [6.07, 6.45) is 1.47. The fourth-order valence-corrected chi connectivity index (χ4v) is 2.94. The highest BCUT2D eigenvalue weighted by Crippen LogP contribution is 2.49. The Balaban J connectivity index is 0.00000242. The van der Waals surface area contributed by atoms with Gasteiger partial charge in [-0.3, -0.25) is 4.79 Å². The van der Waals surface area contributed by atoms with Gasteiger partial charge in [0.25, 0.3) is 0 Å². The molecule has 1 aliphatic rings. The maximum absolute atomic E-state index is 12.4. The molecule has 0 bridgehead atoms. The van der Waals surface area contributed by atoms with E-state index in [9.17, 15) is 4.79 Å². The highest BCUT2D eigenvalue weighted by Gasteiger charge is 2.62. The molecule has 4 nitrogen and oxygen atoms in total. The van der Waals surface area contributed by atoms with E-state index in [0.717, 1.165) is 6.42 Å². The number of amides is 1. The molecule has 22 heavy (non-hydrogen) atoms. The number of carbonyl (C=O) groups is 1. The van der Waals surface area contributed by atoms with Gasteiger partial charge >= 0.3 is 0 Å². The van der Waals surface area contributed by atoms with Crippen LogP contribution in [-0.4, -0.2) is 30.7 Å². The Kier molecular flexibility index (Phi) is 6.41. The SMILES string of the molecule is CCOC1CC(N)(C(=O)NCCc2ccccc2)C1(C)C.Cl. The Hall–Kier alpha value is -1.10. The van der Waals surface area contributed by atoms with E-state index < -0.39 is 5.54 Å². The van der Waals surface area contributed by atoms with Gasteiger partial charge in [-0.2, -0.15) is 0 Å². The van der Waals surface area contributed by atoms with Crippen LogP contribution in [0.1, 0.15) is 32.8 Å². The predicted molar refractivity (Wildman–Crippen MR) is 91.1 cm³/mol. The maximum atomic E-state index is 12.4. The molecule has 124 valence electrons. The largest absolute Gasteiger partial charge is 0.378 e. The van der Waals surface area contributed by atoms with Gasteiger partial charge in [-0.05, 0) is 18.9 Å². The maximum Gasteiger partial charge on any atom is 0.240 e. The van der Waals surface area contributed by atoms with Crippen LogP contribution in [0.25, 0.3) is 0 Å². The summed E-state index contributed by atoms with van der Waals surface area (Å²) in [6, 6.07) is 10.1. The number of nitrogens with one attached hydrogen (secondary N) is 1. The van der Waals surface area contributed by atoms with Crippen LogP contribution >= 0.6 is 12.4 Å². The quantitative estimate of drug-likeness (QED) is 0.843. The van der Waals surface area contributed by atoms with Gasteiger partial charge in [0.1, 0.15) is 5.54 Å². The molecule has 0 aliphatic heterocycles. The monoisotopic (exact) mass is 326 g/mol. The molecule has 1 saturated carbocycles. The van der Waals surface area contributed by atoms with E-state index >= 15 is 0 Å². The zero-order valence-electron chi connectivity index (χ0n) is 13.6. The minimum absolute atomic E-state index is 0. The van der Waals surface area contributed by atoms with Crippen molar-refractivity contribution in [2.75, 3.05) is 13.2 Å². The van der Waals surface area contributed by atoms with Crippen LogP contribution in [0.15, 0.2) is 30.3 Å². The van der Waals surface area contributed by atoms with E-state index in [1.54, 1.807) is 0 Å². The number of ether oxygens (including phenoxy) is 1. The van der Waals surface area contributed by atoms with Gasteiger partial charge in [-0.1, -0.05) is 44.2 Å². The average molecular weight is 327 g/mol. The highest BCUT2D eigenvalue weighted by molar-refractivity contribution is 5.88. The van der Waals surface area contributed by atoms with Crippen molar-refractivity contribution in [2.24, 2.45) is 11.1 Å². The van der Waals surface area contributed by atoms with Gasteiger partial charge in [0.2, 0.25) is 5.91 Å². The standard InChI is InChI=1S/C17H26N2O2.ClH/c1-4-21-14-12-17(18,16(14,2)3)15(20)19-11-10-13-8-6-5-7-9-13;/h5-9,14H,4,10-12,18H2,1-3H3,(H,19,20);1H. The van der Waals surface area contributed by atoms with Gasteiger partial charge < -0.3 is 15.8 Å². The lowest BCUT2D eigenvalue weighted by Crippen LogP contribution is -2.75. The van der Waals surface area contributed by atoms with Crippen LogP contribution in [0.4, 0.5) is 0 Å². The lowest BCUT2D eigenvalue weighted by molar-refractivity contribution is -0.170. The molecular formula is C17H27ClN2O2. The van der Waals surface area contributed by atoms with E-state index in [4.69, 9.17) is 10.5 Å². The molecule has 5 heteroatoms. The summed E-state index contributed by atoms with van der Waals surface area (Å²) in [5.74, 6) is -0.0700. The summed E-state index contributed by atoms with van der Waals surface area (Å²) in [6.45, 7) is 7.24. The first-order valence-corrected chi connectivity index (χ1v) is 7.64. The number of carbonyl (C=O) groups excluding carboxylic acids is 1. The minimum Gasteiger partial charge on any atom is -0.378 e. The Bertz CT molecular complexity index is 493. The minimum atomic E-state index is -0.830. The van der Waals surface area contributed by atoms with Crippen molar-refractivity contribution >= 4 is 18.3 Å². The number of benzene rings is 1. The lowest BCUT2D eigenvalue weighted by atomic mass is 9.54. The van der Waals surface area contributed by atoms with E-state index in [1.807, 2.05) is 39.0 Å². The van der Waals surface area contributed by atoms with Gasteiger partial charge in [-0.15, -0.1) is 12.4 Å². The number of halogens is 1. The Morgan fingerprint density at radius 1 is 1.36 bits per heavy atom. The molecule has 1 aromatic carbocycles. The van der Waals surface area contributed by atoms with Crippen LogP contribution in [0.5, 0.6) is 0 Å². The van der Waals surface area contributed by atoms with Gasteiger partial charge in [0.05, 0.1) is 6.10 Å². The summed E-state index contributed by atoms with van der Waals surface area (Å²) in [4.78, 5) is 12.4. The fraction of sp³-hybridized carbons (Fsp3) is 0.588. The molecule has 0 radical (unpaired) electrons. The first kappa shape index (κ1) is 18.9. The Labute approximate surface area is 139 Å². The predicted octanol–water partition coefficient (Wildman–Crippen LogP) is 2.30. The Morgan fingerprint density at radius 3 is 2.55 bits per heavy atom. The molecule has 0 spiro atoms. The Morgan fingerprint density at radius 2 is 2.00 bits per heavy atom. The molecule has 1 aliphatic carbocycles. The van der Waals surface area contributed by atoms with Crippen molar-refractivity contribution in [1.29, 1.82) is 0 Å². The number of hydrogen-bond acceptors (Lipinski definition) is 3. The summed E-state index contributed by atoms with van der Waals surface area (Å²) in [7, 11) is 0. The molecule has 1 fully saturated rings. The van der Waals surface area contributed by atoms with Crippen molar-refractivity contribution < 1.29 is 9.53 Å². The zero-order valence-corrected chi connectivity index (χ0v) is 14.4. The first-order chi connectivity index (χ1) is 9.91. The molecule has 0 saturated heterocycles. The topological polar surface area (TPSA) is 64.3 Å². The van der Waals surface area contributed by atoms with Crippen molar-refractivity contribution in [3.8, 4) is 0 Å². The van der Waals surface area contributed by atoms with Gasteiger partial charge in [0.15, 0.2) is 0 Å². The second kappa shape index (κ2) is 7.44. The van der Waals surface area contributed by atoms with Crippen molar-refractivity contribution in [1.82, 2.24) is 5.32 Å². The number of nitrogens with two attached hydrogens (primary N) is 1. The molecule has 2 rings (SSSR count). The van der Waals surface area contributed by atoms with E-state index in [2.05, 4.69) is 17.4 Å². The van der Waals surface area contributed by atoms with Gasteiger partial charge in [-0.25, -0.2) is 0 Å². The van der Waals surface area contributed by atoms with Crippen LogP contribution in [-0.2, 0) is 16.0 Å². The van der Waals surface area contributed by atoms with Crippen LogP contribution in [0.2, 0.25) is 0 Å². The molecule has 1 aromatic rings. The van der Waals surface area contributed by atoms with Gasteiger partial charge in [0, 0.05) is 25.0 Å². The third-order valence-corrected chi connectivity index (χ3v) is 4.78. The third-order valence-electron chi connectivity index (χ3n) is 4.78. The number of rotatable bonds is 6. The van der Waals surface area contributed by atoms with Crippen LogP contribution < -0.4 is 11.1 Å². The highest BCUT2D eigenvalue weighted by atomic mass is 35.5. The van der Waals surface area contributed by atoms with Crippen molar-refractivity contribution in [3.63, 3.8) is 0 Å². The second-order valence-electron chi connectivity index (χ2n) is 6.33. The van der Waals surface area contributed by atoms with Crippen LogP contribution in [0, 0.1) is 5.41 Å². The van der Waals surface area contributed by atoms with Crippen molar-refractivity contribution in [3.05, 3.63) is 35.9 Å². The summed E-state index contributed by atoms with van der Waals surface area (Å²) in [5.41, 5.74) is 6.38. The first-order valence-electron chi connectivity index (χ1n) is 7.64. The number of hydrogen-bond donors (Lipinski definition) is 2. The lowest BCUT2D eigenvalue weighted by Gasteiger charge is -2.57. The smallest absolute Gasteiger partial charge is 0.240 e. The summed E-state index contributed by atoms with van der Waals surface area (Å²) < 4.78 is 5.65. The van der Waals surface area contributed by atoms with E-state index in [0.29, 0.717) is 19.6 Å². The molecule has 0 aromatic heterocycles. The fourth-order valence-electron chi connectivity index (χ4n) is 2.94. The van der Waals surface area contributed by atoms with Crippen molar-refractivity contribution in [2.45, 2.75) is 45.3 Å². The summed E-state index contributed by atoms with van der Waals surface area (Å²) >= 11 is 0. The van der Waals surface area contributed by atoms with Crippen LogP contribution in [0.3, 0.4) is 0 Å². The second-order valence-corrected chi connectivity index (χ2v) is 6.33. The average Bonchev–Trinajstić information content (AvgIpc) is 2.47. The molecule has 3 N–H and O–H groups in total. The molecule has 2 unspecified atom stereocenters. The normalized spacial score (nSPS) is 25.7. The molecule has 0 heterocycles. The third kappa shape index (κ3) is 3.45. The molecule has 2 atom stereocenters. The van der Waals surface area contributed by atoms with E-state index in [1.165, 1.54) is 5.56 Å². The van der Waals surface area contributed by atoms with E-state index in [-0.39, 0.29) is 29.8 Å².